The van der Waals surface area contributed by atoms with Gasteiger partial charge in [-0.15, -0.1) is 0 Å². The molecule has 1 atom stereocenters. The van der Waals surface area contributed by atoms with Gasteiger partial charge in [-0.1, -0.05) is 0 Å². The number of methoxy groups -OCH3 is 1. The van der Waals surface area contributed by atoms with Crippen LogP contribution < -0.4 is 4.74 Å². The highest BCUT2D eigenvalue weighted by atomic mass is 16.5. The largest absolute Gasteiger partial charge is 0.467 e. The number of likely N-dealkylation sites (tertiary alicyclic amines) is 1. The van der Waals surface area contributed by atoms with Crippen LogP contribution in [0.2, 0.25) is 0 Å². The van der Waals surface area contributed by atoms with Crippen molar-refractivity contribution < 1.29 is 4.74 Å². The molecule has 4 rings (SSSR count). The lowest BCUT2D eigenvalue weighted by atomic mass is 9.77. The molecule has 1 spiro atoms. The van der Waals surface area contributed by atoms with E-state index in [0.717, 1.165) is 37.4 Å². The first-order valence-electron chi connectivity index (χ1n) is 8.59. The predicted molar refractivity (Wildman–Crippen MR) is 89.9 cm³/mol. The van der Waals surface area contributed by atoms with Crippen molar-refractivity contribution in [2.24, 2.45) is 0 Å². The lowest BCUT2D eigenvalue weighted by molar-refractivity contribution is 0.136. The van der Waals surface area contributed by atoms with Crippen molar-refractivity contribution in [1.82, 2.24) is 24.8 Å². The third kappa shape index (κ3) is 2.75. The van der Waals surface area contributed by atoms with E-state index in [9.17, 15) is 0 Å². The molecule has 0 aromatic carbocycles. The van der Waals surface area contributed by atoms with Gasteiger partial charge in [0.05, 0.1) is 12.8 Å². The number of ether oxygens (including phenoxy) is 1. The van der Waals surface area contributed by atoms with E-state index in [-0.39, 0.29) is 5.41 Å². The average Bonchev–Trinajstić information content (AvgIpc) is 2.93. The molecule has 2 aromatic heterocycles. The fraction of sp³-hybridized carbons (Fsp3) is 0.556. The summed E-state index contributed by atoms with van der Waals surface area (Å²) in [6.07, 6.45) is 10.5. The van der Waals surface area contributed by atoms with Gasteiger partial charge in [-0.2, -0.15) is 0 Å². The molecule has 3 heterocycles. The van der Waals surface area contributed by atoms with Gasteiger partial charge in [0, 0.05) is 42.7 Å². The Morgan fingerprint density at radius 3 is 2.79 bits per heavy atom. The van der Waals surface area contributed by atoms with Crippen molar-refractivity contribution in [3.05, 3.63) is 41.2 Å². The molecule has 126 valence electrons. The van der Waals surface area contributed by atoms with E-state index < -0.39 is 0 Å². The van der Waals surface area contributed by atoms with Crippen LogP contribution in [0.25, 0.3) is 0 Å². The fourth-order valence-electron chi connectivity index (χ4n) is 4.18. The molecule has 0 radical (unpaired) electrons. The summed E-state index contributed by atoms with van der Waals surface area (Å²) in [6.45, 7) is 5.04. The Hall–Kier alpha value is -2.08. The first-order valence-corrected chi connectivity index (χ1v) is 8.59. The number of rotatable bonds is 3. The lowest BCUT2D eigenvalue weighted by Gasteiger charge is -2.40. The summed E-state index contributed by atoms with van der Waals surface area (Å²) in [5.41, 5.74) is 3.97. The maximum Gasteiger partial charge on any atom is 0.316 e. The van der Waals surface area contributed by atoms with Gasteiger partial charge in [-0.05, 0) is 44.7 Å². The number of hydrogen-bond acceptors (Lipinski definition) is 6. The highest BCUT2D eigenvalue weighted by molar-refractivity contribution is 5.33. The van der Waals surface area contributed by atoms with E-state index in [1.54, 1.807) is 7.11 Å². The molecule has 0 amide bonds. The fourth-order valence-corrected chi connectivity index (χ4v) is 4.18. The molecule has 0 saturated carbocycles. The van der Waals surface area contributed by atoms with Crippen LogP contribution in [0.15, 0.2) is 18.6 Å². The summed E-state index contributed by atoms with van der Waals surface area (Å²) >= 11 is 0. The van der Waals surface area contributed by atoms with Crippen molar-refractivity contribution in [1.29, 1.82) is 0 Å². The van der Waals surface area contributed by atoms with Crippen molar-refractivity contribution in [2.45, 2.75) is 44.6 Å². The first-order chi connectivity index (χ1) is 11.7. The molecule has 1 aliphatic carbocycles. The third-order valence-corrected chi connectivity index (χ3v) is 5.29. The van der Waals surface area contributed by atoms with Crippen LogP contribution in [-0.4, -0.2) is 45.0 Å². The predicted octanol–water partition coefficient (Wildman–Crippen LogP) is 2.06. The van der Waals surface area contributed by atoms with Crippen LogP contribution in [0.3, 0.4) is 0 Å². The van der Waals surface area contributed by atoms with Crippen molar-refractivity contribution in [3.63, 3.8) is 0 Å². The molecule has 2 aliphatic rings. The minimum absolute atomic E-state index is 0.203. The summed E-state index contributed by atoms with van der Waals surface area (Å²) in [7, 11) is 1.59. The topological polar surface area (TPSA) is 64.0 Å². The quantitative estimate of drug-likeness (QED) is 0.861. The molecule has 0 N–H and O–H groups in total. The minimum atomic E-state index is 0.203. The molecule has 6 nitrogen and oxygen atoms in total. The van der Waals surface area contributed by atoms with Gasteiger partial charge in [-0.3, -0.25) is 4.90 Å². The smallest absolute Gasteiger partial charge is 0.316 e. The van der Waals surface area contributed by atoms with Crippen LogP contribution in [0.4, 0.5) is 0 Å². The van der Waals surface area contributed by atoms with Gasteiger partial charge >= 0.3 is 6.01 Å². The molecule has 6 heteroatoms. The standard InChI is InChI=1S/C18H23N5O/c1-13-19-10-15-4-6-18(16(15)22-13)5-3-7-23(12-18)11-14-8-20-17(24-2)21-9-14/h8-10H,3-7,11-12H2,1-2H3. The number of aryl methyl sites for hydroxylation is 2. The lowest BCUT2D eigenvalue weighted by Crippen LogP contribution is -2.45. The Balaban J connectivity index is 1.53. The van der Waals surface area contributed by atoms with Crippen LogP contribution in [0.1, 0.15) is 41.9 Å². The third-order valence-electron chi connectivity index (χ3n) is 5.29. The summed E-state index contributed by atoms with van der Waals surface area (Å²) in [5, 5.41) is 0. The van der Waals surface area contributed by atoms with Crippen LogP contribution in [-0.2, 0) is 18.4 Å². The summed E-state index contributed by atoms with van der Waals surface area (Å²) < 4.78 is 5.04. The van der Waals surface area contributed by atoms with Crippen LogP contribution in [0, 0.1) is 6.92 Å². The monoisotopic (exact) mass is 325 g/mol. The van der Waals surface area contributed by atoms with Gasteiger partial charge in [0.1, 0.15) is 5.82 Å². The second kappa shape index (κ2) is 6.09. The Bertz CT molecular complexity index is 729. The second-order valence-corrected chi connectivity index (χ2v) is 6.96. The highest BCUT2D eigenvalue weighted by Crippen LogP contribution is 2.43. The normalized spacial score (nSPS) is 23.4. The SMILES string of the molecule is COc1ncc(CN2CCCC3(CCc4cnc(C)nc43)C2)cn1. The van der Waals surface area contributed by atoms with Crippen LogP contribution >= 0.6 is 0 Å². The van der Waals surface area contributed by atoms with E-state index in [0.29, 0.717) is 6.01 Å². The zero-order chi connectivity index (χ0) is 16.6. The van der Waals surface area contributed by atoms with E-state index in [1.807, 2.05) is 25.5 Å². The minimum Gasteiger partial charge on any atom is -0.467 e. The summed E-state index contributed by atoms with van der Waals surface area (Å²) in [6, 6.07) is 0.422. The Labute approximate surface area is 142 Å². The number of fused-ring (bicyclic) bond motifs is 2. The van der Waals surface area contributed by atoms with Crippen LogP contribution in [0.5, 0.6) is 6.01 Å². The number of piperidine rings is 1. The van der Waals surface area contributed by atoms with Crippen molar-refractivity contribution in [2.75, 3.05) is 20.2 Å². The van der Waals surface area contributed by atoms with Gasteiger partial charge in [-0.25, -0.2) is 19.9 Å². The zero-order valence-electron chi connectivity index (χ0n) is 14.3. The molecule has 1 fully saturated rings. The maximum atomic E-state index is 5.04. The van der Waals surface area contributed by atoms with Crippen molar-refractivity contribution >= 4 is 0 Å². The van der Waals surface area contributed by atoms with Gasteiger partial charge in [0.2, 0.25) is 0 Å². The van der Waals surface area contributed by atoms with Crippen molar-refractivity contribution in [3.8, 4) is 6.01 Å². The first kappa shape index (κ1) is 15.4. The molecule has 24 heavy (non-hydrogen) atoms. The Kier molecular flexibility index (Phi) is 3.92. The summed E-state index contributed by atoms with van der Waals surface area (Å²) in [4.78, 5) is 20.1. The highest BCUT2D eigenvalue weighted by Gasteiger charge is 2.43. The molecular formula is C18H23N5O. The molecule has 1 unspecified atom stereocenters. The molecule has 0 bridgehead atoms. The molecule has 1 aliphatic heterocycles. The Morgan fingerprint density at radius 2 is 2.00 bits per heavy atom. The average molecular weight is 325 g/mol. The maximum absolute atomic E-state index is 5.04. The van der Waals surface area contributed by atoms with E-state index in [2.05, 4.69) is 19.9 Å². The summed E-state index contributed by atoms with van der Waals surface area (Å²) in [5.74, 6) is 0.885. The second-order valence-electron chi connectivity index (χ2n) is 6.96. The molecule has 1 saturated heterocycles. The number of hydrogen-bond donors (Lipinski definition) is 0. The Morgan fingerprint density at radius 1 is 1.17 bits per heavy atom. The van der Waals surface area contributed by atoms with E-state index in [4.69, 9.17) is 9.72 Å². The van der Waals surface area contributed by atoms with Gasteiger partial charge < -0.3 is 4.74 Å². The molecule has 2 aromatic rings. The van der Waals surface area contributed by atoms with Gasteiger partial charge in [0.15, 0.2) is 0 Å². The van der Waals surface area contributed by atoms with Gasteiger partial charge in [0.25, 0.3) is 0 Å². The molecular weight excluding hydrogens is 302 g/mol. The number of aromatic nitrogens is 4. The van der Waals surface area contributed by atoms with E-state index >= 15 is 0 Å². The zero-order valence-corrected chi connectivity index (χ0v) is 14.3. The number of nitrogens with zero attached hydrogens (tertiary/aromatic N) is 5. The van der Waals surface area contributed by atoms with E-state index in [1.165, 1.54) is 30.5 Å².